The van der Waals surface area contributed by atoms with Crippen LogP contribution in [0.25, 0.3) is 0 Å². The Balaban J connectivity index is -0.000000172. The Bertz CT molecular complexity index is 525. The Labute approximate surface area is 196 Å². The Kier molecular flexibility index (Phi) is 28.1. The van der Waals surface area contributed by atoms with Crippen molar-refractivity contribution in [3.63, 3.8) is 0 Å². The molecule has 12 N–H and O–H groups in total. The SMILES string of the molecule is CC(C)(N)C(=O)O.CC(CN)C(=O)O.CCCCCC(N)C(=O)O.NCCCCCC(=O)O. The van der Waals surface area contributed by atoms with Crippen molar-refractivity contribution in [2.45, 2.75) is 90.6 Å². The van der Waals surface area contributed by atoms with Gasteiger partial charge in [0.05, 0.1) is 5.92 Å². The lowest BCUT2D eigenvalue weighted by atomic mass is 10.1. The summed E-state index contributed by atoms with van der Waals surface area (Å²) in [5.74, 6) is -3.82. The molecule has 0 aromatic rings. The zero-order valence-electron chi connectivity index (χ0n) is 20.5. The first kappa shape index (κ1) is 38.0. The molecule has 0 amide bonds. The van der Waals surface area contributed by atoms with E-state index in [0.717, 1.165) is 38.5 Å². The molecule has 0 bridgehead atoms. The minimum absolute atomic E-state index is 0.218. The third kappa shape index (κ3) is 37.4. The monoisotopic (exact) mass is 482 g/mol. The molecule has 2 unspecified atom stereocenters. The number of rotatable bonds is 13. The van der Waals surface area contributed by atoms with Crippen LogP contribution < -0.4 is 22.9 Å². The van der Waals surface area contributed by atoms with Crippen molar-refractivity contribution in [1.82, 2.24) is 0 Å². The van der Waals surface area contributed by atoms with Crippen LogP contribution in [0.5, 0.6) is 0 Å². The van der Waals surface area contributed by atoms with Crippen molar-refractivity contribution in [3.8, 4) is 0 Å². The normalized spacial score (nSPS) is 11.8. The topological polar surface area (TPSA) is 253 Å². The molecule has 0 aliphatic heterocycles. The molecule has 0 aliphatic rings. The molecule has 0 fully saturated rings. The van der Waals surface area contributed by atoms with Gasteiger partial charge in [0.1, 0.15) is 11.6 Å². The highest BCUT2D eigenvalue weighted by atomic mass is 16.4. The molecule has 12 nitrogen and oxygen atoms in total. The average Bonchev–Trinajstić information content (AvgIpc) is 2.71. The van der Waals surface area contributed by atoms with Crippen LogP contribution in [-0.4, -0.2) is 69.0 Å². The maximum absolute atomic E-state index is 10.2. The maximum atomic E-state index is 10.2. The van der Waals surface area contributed by atoms with Crippen LogP contribution in [0, 0.1) is 5.92 Å². The van der Waals surface area contributed by atoms with E-state index in [1.165, 1.54) is 13.8 Å². The summed E-state index contributed by atoms with van der Waals surface area (Å²) < 4.78 is 0. The first-order valence-electron chi connectivity index (χ1n) is 10.9. The van der Waals surface area contributed by atoms with Gasteiger partial charge < -0.3 is 43.4 Å². The minimum atomic E-state index is -1.08. The lowest BCUT2D eigenvalue weighted by Crippen LogP contribution is -2.41. The Morgan fingerprint density at radius 2 is 1.33 bits per heavy atom. The fraction of sp³-hybridized carbons (Fsp3) is 0.810. The van der Waals surface area contributed by atoms with Crippen molar-refractivity contribution >= 4 is 23.9 Å². The molecule has 2 atom stereocenters. The van der Waals surface area contributed by atoms with E-state index in [-0.39, 0.29) is 13.0 Å². The first-order valence-corrected chi connectivity index (χ1v) is 10.9. The molecule has 12 heteroatoms. The number of carboxylic acid groups (broad SMARTS) is 4. The summed E-state index contributed by atoms with van der Waals surface area (Å²) in [6.07, 6.45) is 6.60. The van der Waals surface area contributed by atoms with Gasteiger partial charge in [-0.2, -0.15) is 0 Å². The van der Waals surface area contributed by atoms with Crippen LogP contribution in [-0.2, 0) is 19.2 Å². The minimum Gasteiger partial charge on any atom is -0.481 e. The molecular formula is C21H46N4O8. The van der Waals surface area contributed by atoms with Crippen molar-refractivity contribution in [2.75, 3.05) is 13.1 Å². The highest BCUT2D eigenvalue weighted by Crippen LogP contribution is 2.01. The van der Waals surface area contributed by atoms with E-state index in [1.807, 2.05) is 0 Å². The number of carbonyl (C=O) groups is 4. The van der Waals surface area contributed by atoms with E-state index in [0.29, 0.717) is 13.0 Å². The predicted molar refractivity (Wildman–Crippen MR) is 127 cm³/mol. The summed E-state index contributed by atoms with van der Waals surface area (Å²) in [6.45, 7) is 7.41. The second kappa shape index (κ2) is 24.4. The zero-order valence-corrected chi connectivity index (χ0v) is 20.5. The van der Waals surface area contributed by atoms with Crippen LogP contribution in [0.3, 0.4) is 0 Å². The average molecular weight is 483 g/mol. The standard InChI is InChI=1S/C7H15NO2.C6H13NO2.2C4H9NO2/c1-2-3-4-5-6(8)7(9)10;7-5-3-1-2-4-6(8)9;1-4(2,5)3(6)7;1-3(2-5)4(6)7/h6H,2-5,8H2,1H3,(H,9,10);1-5,7H2,(H,8,9);5H2,1-2H3,(H,6,7);3H,2,5H2,1H3,(H,6,7). The highest BCUT2D eigenvalue weighted by Gasteiger charge is 2.19. The fourth-order valence-corrected chi connectivity index (χ4v) is 1.44. The summed E-state index contributed by atoms with van der Waals surface area (Å²) in [5, 5.41) is 32.8. The third-order valence-corrected chi connectivity index (χ3v) is 3.86. The van der Waals surface area contributed by atoms with Crippen molar-refractivity contribution < 1.29 is 39.6 Å². The molecule has 0 radical (unpaired) electrons. The third-order valence-electron chi connectivity index (χ3n) is 3.86. The Hall–Kier alpha value is -2.28. The van der Waals surface area contributed by atoms with E-state index in [9.17, 15) is 19.2 Å². The summed E-state index contributed by atoms with van der Waals surface area (Å²) in [4.78, 5) is 39.8. The van der Waals surface area contributed by atoms with Crippen LogP contribution in [0.2, 0.25) is 0 Å². The second-order valence-corrected chi connectivity index (χ2v) is 7.94. The van der Waals surface area contributed by atoms with Crippen LogP contribution in [0.1, 0.15) is 79.1 Å². The fourth-order valence-electron chi connectivity index (χ4n) is 1.44. The van der Waals surface area contributed by atoms with Gasteiger partial charge in [0.15, 0.2) is 0 Å². The molecule has 0 saturated carbocycles. The van der Waals surface area contributed by atoms with Gasteiger partial charge in [-0.15, -0.1) is 0 Å². The number of nitrogens with two attached hydrogens (primary N) is 4. The first-order chi connectivity index (χ1) is 15.1. The highest BCUT2D eigenvalue weighted by molar-refractivity contribution is 5.77. The molecule has 0 aromatic carbocycles. The second-order valence-electron chi connectivity index (χ2n) is 7.94. The lowest BCUT2D eigenvalue weighted by Gasteiger charge is -2.09. The Morgan fingerprint density at radius 3 is 1.58 bits per heavy atom. The van der Waals surface area contributed by atoms with Crippen molar-refractivity contribution in [2.24, 2.45) is 28.9 Å². The summed E-state index contributed by atoms with van der Waals surface area (Å²) in [6, 6.07) is -0.661. The van der Waals surface area contributed by atoms with E-state index < -0.39 is 41.4 Å². The van der Waals surface area contributed by atoms with E-state index in [2.05, 4.69) is 6.92 Å². The summed E-state index contributed by atoms with van der Waals surface area (Å²) in [7, 11) is 0. The molecule has 0 aliphatic carbocycles. The van der Waals surface area contributed by atoms with Gasteiger partial charge in [-0.3, -0.25) is 19.2 Å². The van der Waals surface area contributed by atoms with E-state index in [1.54, 1.807) is 6.92 Å². The molecule has 198 valence electrons. The predicted octanol–water partition coefficient (Wildman–Crippen LogP) is 1.04. The number of carboxylic acids is 4. The van der Waals surface area contributed by atoms with Gasteiger partial charge in [0.25, 0.3) is 0 Å². The molecular weight excluding hydrogens is 436 g/mol. The Morgan fingerprint density at radius 1 is 0.848 bits per heavy atom. The quantitative estimate of drug-likeness (QED) is 0.171. The van der Waals surface area contributed by atoms with Gasteiger partial charge in [-0.1, -0.05) is 39.5 Å². The van der Waals surface area contributed by atoms with Crippen molar-refractivity contribution in [3.05, 3.63) is 0 Å². The van der Waals surface area contributed by atoms with E-state index >= 15 is 0 Å². The van der Waals surface area contributed by atoms with Gasteiger partial charge >= 0.3 is 23.9 Å². The molecule has 33 heavy (non-hydrogen) atoms. The van der Waals surface area contributed by atoms with Crippen LogP contribution in [0.4, 0.5) is 0 Å². The van der Waals surface area contributed by atoms with Gasteiger partial charge in [0, 0.05) is 13.0 Å². The van der Waals surface area contributed by atoms with Crippen molar-refractivity contribution in [1.29, 1.82) is 0 Å². The van der Waals surface area contributed by atoms with Crippen LogP contribution in [0.15, 0.2) is 0 Å². The maximum Gasteiger partial charge on any atom is 0.323 e. The van der Waals surface area contributed by atoms with Gasteiger partial charge in [-0.05, 0) is 39.7 Å². The molecule has 0 rings (SSSR count). The lowest BCUT2D eigenvalue weighted by molar-refractivity contribution is -0.142. The summed E-state index contributed by atoms with van der Waals surface area (Å²) in [5.41, 5.74) is 19.4. The van der Waals surface area contributed by atoms with E-state index in [4.69, 9.17) is 43.4 Å². The number of hydrogen-bond acceptors (Lipinski definition) is 8. The molecule has 0 spiro atoms. The molecule has 0 aromatic heterocycles. The number of hydrogen-bond donors (Lipinski definition) is 8. The zero-order chi connectivity index (χ0) is 27.0. The summed E-state index contributed by atoms with van der Waals surface area (Å²) >= 11 is 0. The van der Waals surface area contributed by atoms with Crippen LogP contribution >= 0.6 is 0 Å². The van der Waals surface area contributed by atoms with Gasteiger partial charge in [-0.25, -0.2) is 0 Å². The molecule has 0 heterocycles. The molecule has 0 saturated heterocycles. The smallest absolute Gasteiger partial charge is 0.323 e. The number of aliphatic carboxylic acids is 4. The van der Waals surface area contributed by atoms with Gasteiger partial charge in [0.2, 0.25) is 0 Å². The number of unbranched alkanes of at least 4 members (excludes halogenated alkanes) is 4. The largest absolute Gasteiger partial charge is 0.481 e.